The van der Waals surface area contributed by atoms with Crippen LogP contribution < -0.4 is 0 Å². The molecule has 0 aliphatic carbocycles. The number of nitrogens with zero attached hydrogens (tertiary/aromatic N) is 1. The summed E-state index contributed by atoms with van der Waals surface area (Å²) in [7, 11) is 0. The maximum Gasteiger partial charge on any atom is 0.227 e. The summed E-state index contributed by atoms with van der Waals surface area (Å²) in [5, 5.41) is 1.66. The minimum Gasteiger partial charge on any atom is -0.464 e. The second-order valence-corrected chi connectivity index (χ2v) is 5.53. The van der Waals surface area contributed by atoms with Crippen molar-refractivity contribution in [1.82, 2.24) is 4.90 Å². The number of fused-ring (bicyclic) bond motifs is 1. The Balaban J connectivity index is 1.88. The van der Waals surface area contributed by atoms with Crippen molar-refractivity contribution in [3.05, 3.63) is 34.5 Å². The normalized spacial score (nSPS) is 15.4. The monoisotopic (exact) mass is 277 g/mol. The molecule has 0 N–H and O–H groups in total. The predicted octanol–water partition coefficient (Wildman–Crippen LogP) is 3.56. The van der Waals surface area contributed by atoms with Gasteiger partial charge in [0.05, 0.1) is 12.7 Å². The number of furan rings is 1. The van der Waals surface area contributed by atoms with Gasteiger partial charge in [0, 0.05) is 29.1 Å². The number of carbonyl (C=O) groups excluding carboxylic acids is 1. The van der Waals surface area contributed by atoms with Crippen LogP contribution in [0.5, 0.6) is 0 Å². The molecule has 100 valence electrons. The molecule has 0 unspecified atom stereocenters. The summed E-state index contributed by atoms with van der Waals surface area (Å²) >= 11 is 6.14. The van der Waals surface area contributed by atoms with Crippen molar-refractivity contribution in [2.75, 3.05) is 13.1 Å². The molecule has 1 aromatic carbocycles. The second-order valence-electron chi connectivity index (χ2n) is 5.12. The van der Waals surface area contributed by atoms with Gasteiger partial charge in [0.25, 0.3) is 0 Å². The van der Waals surface area contributed by atoms with E-state index in [0.717, 1.165) is 48.0 Å². The molecule has 4 heteroatoms. The number of aryl methyl sites for hydroxylation is 1. The van der Waals surface area contributed by atoms with E-state index >= 15 is 0 Å². The summed E-state index contributed by atoms with van der Waals surface area (Å²) in [6.45, 7) is 3.71. The molecule has 2 aromatic rings. The van der Waals surface area contributed by atoms with Gasteiger partial charge in [-0.3, -0.25) is 4.79 Å². The van der Waals surface area contributed by atoms with Crippen molar-refractivity contribution in [2.24, 2.45) is 0 Å². The van der Waals surface area contributed by atoms with Crippen molar-refractivity contribution in [1.29, 1.82) is 0 Å². The number of hydrogen-bond donors (Lipinski definition) is 0. The molecular weight excluding hydrogens is 262 g/mol. The highest BCUT2D eigenvalue weighted by molar-refractivity contribution is 6.32. The minimum atomic E-state index is 0.178. The highest BCUT2D eigenvalue weighted by Crippen LogP contribution is 2.28. The predicted molar refractivity (Wildman–Crippen MR) is 75.5 cm³/mol. The molecule has 0 spiro atoms. The van der Waals surface area contributed by atoms with Crippen LogP contribution in [0.2, 0.25) is 5.02 Å². The zero-order valence-corrected chi connectivity index (χ0v) is 11.7. The second kappa shape index (κ2) is 4.89. The van der Waals surface area contributed by atoms with Crippen LogP contribution >= 0.6 is 11.6 Å². The van der Waals surface area contributed by atoms with Gasteiger partial charge in [-0.15, -0.1) is 0 Å². The summed E-state index contributed by atoms with van der Waals surface area (Å²) in [6.07, 6.45) is 4.30. The van der Waals surface area contributed by atoms with Crippen molar-refractivity contribution in [3.63, 3.8) is 0 Å². The van der Waals surface area contributed by atoms with Crippen molar-refractivity contribution in [2.45, 2.75) is 26.2 Å². The molecule has 1 saturated heterocycles. The third kappa shape index (κ3) is 2.35. The molecule has 1 aliphatic heterocycles. The van der Waals surface area contributed by atoms with E-state index in [2.05, 4.69) is 0 Å². The van der Waals surface area contributed by atoms with E-state index in [1.54, 1.807) is 6.26 Å². The fourth-order valence-electron chi connectivity index (χ4n) is 2.58. The first-order valence-electron chi connectivity index (χ1n) is 6.59. The van der Waals surface area contributed by atoms with E-state index in [-0.39, 0.29) is 5.91 Å². The molecule has 2 heterocycles. The number of rotatable bonds is 2. The van der Waals surface area contributed by atoms with Crippen LogP contribution in [0.1, 0.15) is 24.0 Å². The van der Waals surface area contributed by atoms with Crippen molar-refractivity contribution >= 4 is 28.5 Å². The van der Waals surface area contributed by atoms with Crippen LogP contribution in [-0.4, -0.2) is 23.9 Å². The summed E-state index contributed by atoms with van der Waals surface area (Å²) in [6, 6.07) is 3.81. The Morgan fingerprint density at radius 1 is 1.37 bits per heavy atom. The largest absolute Gasteiger partial charge is 0.464 e. The molecule has 19 heavy (non-hydrogen) atoms. The molecule has 1 fully saturated rings. The van der Waals surface area contributed by atoms with E-state index in [0.29, 0.717) is 11.4 Å². The lowest BCUT2D eigenvalue weighted by molar-refractivity contribution is -0.129. The number of likely N-dealkylation sites (tertiary alicyclic amines) is 1. The molecule has 1 aromatic heterocycles. The SMILES string of the molecule is Cc1cc2occ(CC(=O)N3CCCC3)c2cc1Cl. The maximum atomic E-state index is 12.2. The van der Waals surface area contributed by atoms with E-state index < -0.39 is 0 Å². The molecule has 1 aliphatic rings. The first-order chi connectivity index (χ1) is 9.15. The number of amides is 1. The standard InChI is InChI=1S/C15H16ClNO2/c1-10-6-14-12(8-13(10)16)11(9-19-14)7-15(18)17-4-2-3-5-17/h6,8-9H,2-5,7H2,1H3. The Morgan fingerprint density at radius 2 is 2.11 bits per heavy atom. The molecule has 0 atom stereocenters. The highest BCUT2D eigenvalue weighted by Gasteiger charge is 2.20. The average Bonchev–Trinajstić information content (AvgIpc) is 3.01. The minimum absolute atomic E-state index is 0.178. The van der Waals surface area contributed by atoms with Gasteiger partial charge in [-0.25, -0.2) is 0 Å². The molecule has 0 radical (unpaired) electrons. The van der Waals surface area contributed by atoms with Crippen molar-refractivity contribution in [3.8, 4) is 0 Å². The zero-order valence-electron chi connectivity index (χ0n) is 10.9. The zero-order chi connectivity index (χ0) is 13.4. The Kier molecular flexibility index (Phi) is 3.23. The van der Waals surface area contributed by atoms with Crippen LogP contribution in [-0.2, 0) is 11.2 Å². The van der Waals surface area contributed by atoms with Gasteiger partial charge in [0.1, 0.15) is 5.58 Å². The van der Waals surface area contributed by atoms with E-state index in [9.17, 15) is 4.79 Å². The van der Waals surface area contributed by atoms with Gasteiger partial charge in [-0.05, 0) is 37.5 Å². The smallest absolute Gasteiger partial charge is 0.227 e. The van der Waals surface area contributed by atoms with Gasteiger partial charge in [-0.2, -0.15) is 0 Å². The molecule has 3 rings (SSSR count). The maximum absolute atomic E-state index is 12.2. The Hall–Kier alpha value is -1.48. The topological polar surface area (TPSA) is 33.5 Å². The van der Waals surface area contributed by atoms with E-state index in [4.69, 9.17) is 16.0 Å². The summed E-state index contributed by atoms with van der Waals surface area (Å²) < 4.78 is 5.52. The highest BCUT2D eigenvalue weighted by atomic mass is 35.5. The number of hydrogen-bond acceptors (Lipinski definition) is 2. The molecule has 0 saturated carbocycles. The Labute approximate surface area is 117 Å². The van der Waals surface area contributed by atoms with Crippen LogP contribution in [0.15, 0.2) is 22.8 Å². The molecule has 1 amide bonds. The third-order valence-corrected chi connectivity index (χ3v) is 4.14. The van der Waals surface area contributed by atoms with Crippen LogP contribution in [0.4, 0.5) is 0 Å². The van der Waals surface area contributed by atoms with E-state index in [1.165, 1.54) is 0 Å². The van der Waals surface area contributed by atoms with Gasteiger partial charge in [-0.1, -0.05) is 11.6 Å². The fourth-order valence-corrected chi connectivity index (χ4v) is 2.74. The number of benzene rings is 1. The van der Waals surface area contributed by atoms with Gasteiger partial charge in [0.2, 0.25) is 5.91 Å². The molecular formula is C15H16ClNO2. The Bertz CT molecular complexity index is 626. The molecule has 0 bridgehead atoms. The number of carbonyl (C=O) groups is 1. The first-order valence-corrected chi connectivity index (χ1v) is 6.97. The first kappa shape index (κ1) is 12.5. The van der Waals surface area contributed by atoms with Crippen molar-refractivity contribution < 1.29 is 9.21 Å². The summed E-state index contributed by atoms with van der Waals surface area (Å²) in [5.74, 6) is 0.178. The van der Waals surface area contributed by atoms with Gasteiger partial charge >= 0.3 is 0 Å². The lowest BCUT2D eigenvalue weighted by Crippen LogP contribution is -2.28. The summed E-state index contributed by atoms with van der Waals surface area (Å²) in [4.78, 5) is 14.1. The quantitative estimate of drug-likeness (QED) is 0.841. The van der Waals surface area contributed by atoms with Crippen LogP contribution in [0.3, 0.4) is 0 Å². The van der Waals surface area contributed by atoms with Crippen LogP contribution in [0.25, 0.3) is 11.0 Å². The summed E-state index contributed by atoms with van der Waals surface area (Å²) in [5.41, 5.74) is 2.71. The van der Waals surface area contributed by atoms with E-state index in [1.807, 2.05) is 24.0 Å². The van der Waals surface area contributed by atoms with Gasteiger partial charge in [0.15, 0.2) is 0 Å². The molecule has 3 nitrogen and oxygen atoms in total. The third-order valence-electron chi connectivity index (χ3n) is 3.74. The number of halogens is 1. The fraction of sp³-hybridized carbons (Fsp3) is 0.400. The lowest BCUT2D eigenvalue weighted by Gasteiger charge is -2.14. The average molecular weight is 278 g/mol. The lowest BCUT2D eigenvalue weighted by atomic mass is 10.1. The Morgan fingerprint density at radius 3 is 2.84 bits per heavy atom. The van der Waals surface area contributed by atoms with Crippen LogP contribution in [0, 0.1) is 6.92 Å². The van der Waals surface area contributed by atoms with Gasteiger partial charge < -0.3 is 9.32 Å².